The Balaban J connectivity index is 1.63. The molecule has 1 saturated heterocycles. The van der Waals surface area contributed by atoms with Gasteiger partial charge in [0, 0.05) is 6.42 Å². The Morgan fingerprint density at radius 3 is 3.00 bits per heavy atom. The number of amides is 1. The van der Waals surface area contributed by atoms with Crippen molar-refractivity contribution in [2.75, 3.05) is 6.54 Å². The molecular weight excluding hydrogens is 222 g/mol. The van der Waals surface area contributed by atoms with Crippen LogP contribution in [0.2, 0.25) is 0 Å². The van der Waals surface area contributed by atoms with E-state index in [-0.39, 0.29) is 12.0 Å². The van der Waals surface area contributed by atoms with E-state index >= 15 is 0 Å². The molecule has 5 heteroatoms. The highest BCUT2D eigenvalue weighted by atomic mass is 16.8. The number of hydrogen-bond acceptors (Lipinski definition) is 4. The molecule has 5 nitrogen and oxygen atoms in total. The Labute approximate surface area is 101 Å². The van der Waals surface area contributed by atoms with Crippen LogP contribution in [0.3, 0.4) is 0 Å². The van der Waals surface area contributed by atoms with Gasteiger partial charge in [-0.3, -0.25) is 4.79 Å². The van der Waals surface area contributed by atoms with Crippen molar-refractivity contribution in [1.29, 1.82) is 0 Å². The third-order valence-electron chi connectivity index (χ3n) is 3.25. The lowest BCUT2D eigenvalue weighted by atomic mass is 10.2. The molecular formula is C12H19NO4. The Hall–Kier alpha value is -1.26. The maximum absolute atomic E-state index is 11.4. The van der Waals surface area contributed by atoms with Gasteiger partial charge in [0.2, 0.25) is 0 Å². The maximum Gasteiger partial charge on any atom is 0.533 e. The van der Waals surface area contributed by atoms with E-state index < -0.39 is 6.16 Å². The van der Waals surface area contributed by atoms with Gasteiger partial charge in [-0.15, -0.1) is 0 Å². The highest BCUT2D eigenvalue weighted by Crippen LogP contribution is 2.38. The first-order chi connectivity index (χ1) is 8.20. The summed E-state index contributed by atoms with van der Waals surface area (Å²) in [6.45, 7) is 2.63. The van der Waals surface area contributed by atoms with Gasteiger partial charge in [0.1, 0.15) is 6.10 Å². The van der Waals surface area contributed by atoms with Crippen molar-refractivity contribution in [3.63, 3.8) is 0 Å². The number of carbonyl (C=O) groups is 2. The van der Waals surface area contributed by atoms with E-state index in [2.05, 4.69) is 6.92 Å². The summed E-state index contributed by atoms with van der Waals surface area (Å²) in [5.74, 6) is 0.358. The molecule has 0 unspecified atom stereocenters. The summed E-state index contributed by atoms with van der Waals surface area (Å²) < 4.78 is 5.13. The highest BCUT2D eigenvalue weighted by Gasteiger charge is 2.41. The molecule has 0 aromatic rings. The minimum atomic E-state index is -0.732. The van der Waals surface area contributed by atoms with Gasteiger partial charge in [-0.2, -0.15) is 5.06 Å². The largest absolute Gasteiger partial charge is 0.533 e. The Morgan fingerprint density at radius 1 is 1.53 bits per heavy atom. The van der Waals surface area contributed by atoms with Gasteiger partial charge < -0.3 is 9.57 Å². The number of ether oxygens (including phenoxy) is 1. The average Bonchev–Trinajstić information content (AvgIpc) is 2.91. The molecule has 1 saturated carbocycles. The van der Waals surface area contributed by atoms with E-state index in [1.165, 1.54) is 6.42 Å². The van der Waals surface area contributed by atoms with Crippen molar-refractivity contribution >= 4 is 12.1 Å². The smallest absolute Gasteiger partial charge is 0.429 e. The van der Waals surface area contributed by atoms with Crippen LogP contribution in [0, 0.1) is 5.92 Å². The molecule has 2 aliphatic rings. The summed E-state index contributed by atoms with van der Waals surface area (Å²) in [4.78, 5) is 27.4. The standard InChI is InChI=1S/C12H19NO4/c1-2-3-5-9-8-10(9)16-12(15)17-13-7-4-6-11(13)14/h9-10H,2-8H2,1H3/t9-,10-/m1/s1. The molecule has 1 heterocycles. The number of carbonyl (C=O) groups excluding carboxylic acids is 2. The molecule has 2 rings (SSSR count). The Bertz CT molecular complexity index is 305. The van der Waals surface area contributed by atoms with Crippen LogP contribution in [0.5, 0.6) is 0 Å². The molecule has 0 spiro atoms. The molecule has 2 fully saturated rings. The minimum Gasteiger partial charge on any atom is -0.429 e. The van der Waals surface area contributed by atoms with Gasteiger partial charge in [0.25, 0.3) is 5.91 Å². The van der Waals surface area contributed by atoms with Gasteiger partial charge in [-0.25, -0.2) is 4.79 Å². The Kier molecular flexibility index (Phi) is 3.86. The van der Waals surface area contributed by atoms with E-state index in [0.29, 0.717) is 18.9 Å². The first kappa shape index (κ1) is 12.2. The molecule has 0 aromatic heterocycles. The summed E-state index contributed by atoms with van der Waals surface area (Å²) in [6.07, 6.45) is 4.85. The molecule has 0 bridgehead atoms. The van der Waals surface area contributed by atoms with Crippen LogP contribution in [0.15, 0.2) is 0 Å². The number of unbranched alkanes of at least 4 members (excludes halogenated alkanes) is 1. The summed E-state index contributed by atoms with van der Waals surface area (Å²) in [7, 11) is 0. The van der Waals surface area contributed by atoms with Crippen LogP contribution in [-0.2, 0) is 14.4 Å². The molecule has 0 N–H and O–H groups in total. The Morgan fingerprint density at radius 2 is 2.35 bits per heavy atom. The van der Waals surface area contributed by atoms with E-state index in [4.69, 9.17) is 9.57 Å². The first-order valence-corrected chi connectivity index (χ1v) is 6.39. The maximum atomic E-state index is 11.4. The van der Waals surface area contributed by atoms with Gasteiger partial charge in [0.05, 0.1) is 6.54 Å². The van der Waals surface area contributed by atoms with Crippen molar-refractivity contribution in [3.05, 3.63) is 0 Å². The lowest BCUT2D eigenvalue weighted by molar-refractivity contribution is -0.165. The third-order valence-corrected chi connectivity index (χ3v) is 3.25. The summed E-state index contributed by atoms with van der Waals surface area (Å²) >= 11 is 0. The molecule has 1 aliphatic heterocycles. The predicted molar refractivity (Wildman–Crippen MR) is 59.9 cm³/mol. The number of hydroxylamine groups is 2. The summed E-state index contributed by atoms with van der Waals surface area (Å²) in [5, 5.41) is 1.10. The van der Waals surface area contributed by atoms with Crippen LogP contribution in [0.25, 0.3) is 0 Å². The van der Waals surface area contributed by atoms with Crippen molar-refractivity contribution in [2.24, 2.45) is 5.92 Å². The minimum absolute atomic E-state index is 0.00625. The molecule has 96 valence electrons. The fraction of sp³-hybridized carbons (Fsp3) is 0.833. The highest BCUT2D eigenvalue weighted by molar-refractivity contribution is 5.78. The van der Waals surface area contributed by atoms with E-state index in [9.17, 15) is 9.59 Å². The van der Waals surface area contributed by atoms with Crippen LogP contribution >= 0.6 is 0 Å². The molecule has 1 aliphatic carbocycles. The molecule has 0 radical (unpaired) electrons. The number of rotatable bonds is 5. The van der Waals surface area contributed by atoms with Gasteiger partial charge >= 0.3 is 6.16 Å². The summed E-state index contributed by atoms with van der Waals surface area (Å²) in [6, 6.07) is 0. The second-order valence-electron chi connectivity index (χ2n) is 4.73. The zero-order valence-corrected chi connectivity index (χ0v) is 10.2. The monoisotopic (exact) mass is 241 g/mol. The first-order valence-electron chi connectivity index (χ1n) is 6.39. The van der Waals surface area contributed by atoms with Crippen LogP contribution < -0.4 is 0 Å². The fourth-order valence-electron chi connectivity index (χ4n) is 2.09. The van der Waals surface area contributed by atoms with Crippen molar-refractivity contribution in [3.8, 4) is 0 Å². The van der Waals surface area contributed by atoms with Gasteiger partial charge in [-0.1, -0.05) is 19.8 Å². The second kappa shape index (κ2) is 5.38. The van der Waals surface area contributed by atoms with Crippen LogP contribution in [-0.4, -0.2) is 29.8 Å². The van der Waals surface area contributed by atoms with Crippen LogP contribution in [0.1, 0.15) is 45.4 Å². The van der Waals surface area contributed by atoms with E-state index in [1.807, 2.05) is 0 Å². The van der Waals surface area contributed by atoms with Crippen molar-refractivity contribution in [1.82, 2.24) is 5.06 Å². The quantitative estimate of drug-likeness (QED) is 0.693. The van der Waals surface area contributed by atoms with Crippen molar-refractivity contribution < 1.29 is 19.2 Å². The molecule has 2 atom stereocenters. The lowest BCUT2D eigenvalue weighted by Crippen LogP contribution is -2.29. The van der Waals surface area contributed by atoms with Gasteiger partial charge in [-0.05, 0) is 25.2 Å². The predicted octanol–water partition coefficient (Wildman–Crippen LogP) is 2.26. The number of hydrogen-bond donors (Lipinski definition) is 0. The third kappa shape index (κ3) is 3.35. The number of nitrogens with zero attached hydrogens (tertiary/aromatic N) is 1. The SMILES string of the molecule is CCCC[C@@H]1C[C@H]1OC(=O)ON1CCCC1=O. The fourth-order valence-corrected chi connectivity index (χ4v) is 2.09. The molecule has 0 aromatic carbocycles. The molecule has 17 heavy (non-hydrogen) atoms. The molecule has 1 amide bonds. The van der Waals surface area contributed by atoms with Crippen LogP contribution in [0.4, 0.5) is 4.79 Å². The van der Waals surface area contributed by atoms with E-state index in [0.717, 1.165) is 30.7 Å². The second-order valence-corrected chi connectivity index (χ2v) is 4.73. The topological polar surface area (TPSA) is 55.8 Å². The van der Waals surface area contributed by atoms with Crippen molar-refractivity contribution in [2.45, 2.75) is 51.6 Å². The zero-order valence-electron chi connectivity index (χ0n) is 10.2. The zero-order chi connectivity index (χ0) is 12.3. The normalized spacial score (nSPS) is 27.1. The van der Waals surface area contributed by atoms with Gasteiger partial charge in [0.15, 0.2) is 0 Å². The van der Waals surface area contributed by atoms with E-state index in [1.54, 1.807) is 0 Å². The average molecular weight is 241 g/mol. The lowest BCUT2D eigenvalue weighted by Gasteiger charge is -2.13. The summed E-state index contributed by atoms with van der Waals surface area (Å²) in [5.41, 5.74) is 0.